The molecule has 1 aromatic heterocycles. The van der Waals surface area contributed by atoms with E-state index in [2.05, 4.69) is 34.6 Å². The largest absolute Gasteiger partial charge is 0.472 e. The summed E-state index contributed by atoms with van der Waals surface area (Å²) in [4.78, 5) is 25.7. The Hall–Kier alpha value is -1.86. The molecule has 1 aromatic rings. The van der Waals surface area contributed by atoms with E-state index in [4.69, 9.17) is 18.6 Å². The highest BCUT2D eigenvalue weighted by Crippen LogP contribution is 2.80. The van der Waals surface area contributed by atoms with Gasteiger partial charge in [-0.25, -0.2) is 4.79 Å². The molecule has 10 atom stereocenters. The highest BCUT2D eigenvalue weighted by molar-refractivity contribution is 5.82. The molecule has 192 valence electrons. The number of rotatable bonds is 2. The second-order valence-electron chi connectivity index (χ2n) is 13.2. The first-order valence-electron chi connectivity index (χ1n) is 13.1. The van der Waals surface area contributed by atoms with E-state index < -0.39 is 40.8 Å². The van der Waals surface area contributed by atoms with Crippen LogP contribution in [0.15, 0.2) is 23.0 Å². The van der Waals surface area contributed by atoms with Gasteiger partial charge < -0.3 is 23.7 Å². The summed E-state index contributed by atoms with van der Waals surface area (Å²) in [5, 5.41) is 11.0. The summed E-state index contributed by atoms with van der Waals surface area (Å²) in [6.07, 6.45) is 5.33. The van der Waals surface area contributed by atoms with Crippen molar-refractivity contribution >= 4 is 11.9 Å². The van der Waals surface area contributed by atoms with E-state index in [1.165, 1.54) is 6.92 Å². The molecule has 0 aromatic carbocycles. The number of esters is 2. The van der Waals surface area contributed by atoms with Crippen LogP contribution < -0.4 is 0 Å². The van der Waals surface area contributed by atoms with E-state index in [0.29, 0.717) is 6.42 Å². The lowest BCUT2D eigenvalue weighted by Crippen LogP contribution is -2.73. The van der Waals surface area contributed by atoms with E-state index >= 15 is 0 Å². The van der Waals surface area contributed by atoms with Gasteiger partial charge >= 0.3 is 11.9 Å². The third-order valence-electron chi connectivity index (χ3n) is 11.5. The maximum Gasteiger partial charge on any atom is 0.339 e. The summed E-state index contributed by atoms with van der Waals surface area (Å²) in [6.45, 7) is 12.5. The van der Waals surface area contributed by atoms with Crippen LogP contribution in [0.5, 0.6) is 0 Å². The highest BCUT2D eigenvalue weighted by atomic mass is 16.7. The van der Waals surface area contributed by atoms with Crippen LogP contribution >= 0.6 is 0 Å². The molecule has 3 aliphatic carbocycles. The van der Waals surface area contributed by atoms with Crippen LogP contribution in [0.4, 0.5) is 0 Å². The number of cyclic esters (lactones) is 1. The predicted molar refractivity (Wildman–Crippen MR) is 125 cm³/mol. The van der Waals surface area contributed by atoms with E-state index in [1.807, 2.05) is 6.07 Å². The van der Waals surface area contributed by atoms with E-state index in [0.717, 1.165) is 31.2 Å². The summed E-state index contributed by atoms with van der Waals surface area (Å²) in [7, 11) is 0. The van der Waals surface area contributed by atoms with Crippen molar-refractivity contribution in [3.05, 3.63) is 24.2 Å². The van der Waals surface area contributed by atoms with Gasteiger partial charge in [-0.05, 0) is 60.8 Å². The predicted octanol–water partition coefficient (Wildman–Crippen LogP) is 4.58. The number of carbonyl (C=O) groups excluding carboxylic acids is 2. The number of aliphatic hydroxyl groups excluding tert-OH is 1. The molecule has 2 saturated heterocycles. The van der Waals surface area contributed by atoms with Crippen LogP contribution in [0.1, 0.15) is 85.3 Å². The smallest absolute Gasteiger partial charge is 0.339 e. The Morgan fingerprint density at radius 1 is 1.09 bits per heavy atom. The van der Waals surface area contributed by atoms with Gasteiger partial charge in [-0.3, -0.25) is 4.79 Å². The number of aliphatic hydroxyl groups is 1. The number of hydrogen-bond acceptors (Lipinski definition) is 7. The van der Waals surface area contributed by atoms with Gasteiger partial charge in [0.2, 0.25) is 0 Å². The first kappa shape index (κ1) is 23.5. The van der Waals surface area contributed by atoms with Gasteiger partial charge in [-0.2, -0.15) is 0 Å². The number of epoxide rings is 1. The number of carbonyl (C=O) groups is 2. The Labute approximate surface area is 206 Å². The fourth-order valence-corrected chi connectivity index (χ4v) is 9.88. The third-order valence-corrected chi connectivity index (χ3v) is 11.5. The lowest BCUT2D eigenvalue weighted by molar-refractivity contribution is -0.275. The van der Waals surface area contributed by atoms with Gasteiger partial charge in [-0.15, -0.1) is 0 Å². The molecule has 1 N–H and O–H groups in total. The number of furan rings is 1. The molecule has 5 aliphatic rings. The zero-order valence-corrected chi connectivity index (χ0v) is 21.6. The molecule has 0 bridgehead atoms. The minimum absolute atomic E-state index is 0.0762. The lowest BCUT2D eigenvalue weighted by atomic mass is 9.34. The monoisotopic (exact) mass is 486 g/mol. The Balaban J connectivity index is 1.53. The molecule has 0 radical (unpaired) electrons. The van der Waals surface area contributed by atoms with Crippen molar-refractivity contribution in [3.8, 4) is 0 Å². The average molecular weight is 487 g/mol. The first-order valence-corrected chi connectivity index (χ1v) is 13.1. The van der Waals surface area contributed by atoms with Crippen LogP contribution in [0.2, 0.25) is 0 Å². The molecule has 35 heavy (non-hydrogen) atoms. The normalized spacial score (nSPS) is 51.7. The maximum atomic E-state index is 13.3. The van der Waals surface area contributed by atoms with Crippen LogP contribution in [-0.2, 0) is 23.8 Å². The molecule has 0 amide bonds. The molecule has 3 saturated carbocycles. The van der Waals surface area contributed by atoms with Crippen molar-refractivity contribution in [2.75, 3.05) is 0 Å². The fourth-order valence-electron chi connectivity index (χ4n) is 9.88. The van der Waals surface area contributed by atoms with Crippen molar-refractivity contribution in [2.45, 2.75) is 104 Å². The van der Waals surface area contributed by atoms with E-state index in [9.17, 15) is 14.7 Å². The number of ether oxygens (including phenoxy) is 3. The van der Waals surface area contributed by atoms with E-state index in [-0.39, 0.29) is 34.6 Å². The Morgan fingerprint density at radius 3 is 2.49 bits per heavy atom. The number of hydrogen-bond donors (Lipinski definition) is 1. The molecule has 3 heterocycles. The van der Waals surface area contributed by atoms with Crippen molar-refractivity contribution in [1.29, 1.82) is 0 Å². The standard InChI is InChI=1S/C28H38O7/c1-15(29)33-20-13-18-24(2,3)19(30)8-10-25(18,4)17-7-11-26(5)21(16-9-12-32-14-16)34-23(31)22-28(26,35-22)27(17,20)6/h9,12,14,17-22,30H,7-8,10-11,13H2,1-6H3/t17-,18+,19-,20-,21+,22-,25-,26+,27+,28-/m1/s1. The van der Waals surface area contributed by atoms with Gasteiger partial charge in [0, 0.05) is 23.3 Å². The summed E-state index contributed by atoms with van der Waals surface area (Å²) in [5.41, 5.74) is -1.42. The molecule has 7 nitrogen and oxygen atoms in total. The summed E-state index contributed by atoms with van der Waals surface area (Å²) in [6, 6.07) is 1.86. The topological polar surface area (TPSA) is 98.5 Å². The maximum absolute atomic E-state index is 13.3. The number of fused-ring (bicyclic) bond motifs is 3. The summed E-state index contributed by atoms with van der Waals surface area (Å²) >= 11 is 0. The van der Waals surface area contributed by atoms with Crippen LogP contribution in [0.25, 0.3) is 0 Å². The second kappa shape index (κ2) is 6.91. The van der Waals surface area contributed by atoms with Crippen molar-refractivity contribution in [1.82, 2.24) is 0 Å². The van der Waals surface area contributed by atoms with Crippen LogP contribution in [-0.4, -0.2) is 41.0 Å². The van der Waals surface area contributed by atoms with Gasteiger partial charge in [-0.1, -0.05) is 34.6 Å². The molecule has 1 spiro atoms. The second-order valence-corrected chi connectivity index (χ2v) is 13.2. The van der Waals surface area contributed by atoms with Crippen LogP contribution in [0.3, 0.4) is 0 Å². The fraction of sp³-hybridized carbons (Fsp3) is 0.786. The SMILES string of the molecule is CC(=O)O[C@@H]1C[C@H]2C(C)(C)[C@H](O)CC[C@]2(C)[C@H]2CC[C@@]3(C)[C@H](c4ccoc4)OC(=O)[C@H]4O[C@]43[C@@]21C. The summed E-state index contributed by atoms with van der Waals surface area (Å²) in [5.74, 6) is -0.319. The lowest BCUT2D eigenvalue weighted by Gasteiger charge is -2.70. The Bertz CT molecular complexity index is 1060. The highest BCUT2D eigenvalue weighted by Gasteiger charge is 2.88. The van der Waals surface area contributed by atoms with Gasteiger partial charge in [0.1, 0.15) is 17.8 Å². The quantitative estimate of drug-likeness (QED) is 0.483. The molecular formula is C28H38O7. The van der Waals surface area contributed by atoms with E-state index in [1.54, 1.807) is 12.5 Å². The van der Waals surface area contributed by atoms with Crippen molar-refractivity contribution in [3.63, 3.8) is 0 Å². The Morgan fingerprint density at radius 2 is 1.83 bits per heavy atom. The average Bonchev–Trinajstić information content (AvgIpc) is 3.35. The zero-order chi connectivity index (χ0) is 25.2. The summed E-state index contributed by atoms with van der Waals surface area (Å²) < 4.78 is 24.1. The van der Waals surface area contributed by atoms with Crippen molar-refractivity contribution in [2.24, 2.45) is 33.5 Å². The third kappa shape index (κ3) is 2.59. The molecule has 0 unspecified atom stereocenters. The van der Waals surface area contributed by atoms with Crippen LogP contribution in [0, 0.1) is 33.5 Å². The minimum atomic E-state index is -0.797. The van der Waals surface area contributed by atoms with Crippen molar-refractivity contribution < 1.29 is 33.3 Å². The van der Waals surface area contributed by atoms with Gasteiger partial charge in [0.15, 0.2) is 6.10 Å². The molecule has 5 fully saturated rings. The minimum Gasteiger partial charge on any atom is -0.472 e. The molecule has 6 rings (SSSR count). The van der Waals surface area contributed by atoms with Gasteiger partial charge in [0.05, 0.1) is 18.6 Å². The molecule has 2 aliphatic heterocycles. The van der Waals surface area contributed by atoms with Gasteiger partial charge in [0.25, 0.3) is 0 Å². The Kier molecular flexibility index (Phi) is 4.65. The molecule has 7 heteroatoms. The molecular weight excluding hydrogens is 448 g/mol. The zero-order valence-electron chi connectivity index (χ0n) is 21.6. The first-order chi connectivity index (χ1) is 16.3.